The summed E-state index contributed by atoms with van der Waals surface area (Å²) < 4.78 is 14.0. The molecule has 0 amide bonds. The van der Waals surface area contributed by atoms with Gasteiger partial charge >= 0.3 is 0 Å². The van der Waals surface area contributed by atoms with Crippen LogP contribution in [0, 0.1) is 5.82 Å². The highest BCUT2D eigenvalue weighted by molar-refractivity contribution is 7.80. The fourth-order valence-electron chi connectivity index (χ4n) is 2.44. The molecule has 150 valence electrons. The molecule has 0 aliphatic rings. The average molecular weight is 404 g/mol. The summed E-state index contributed by atoms with van der Waals surface area (Å²) >= 11 is 5.30. The normalized spacial score (nSPS) is 11.5. The summed E-state index contributed by atoms with van der Waals surface area (Å²) in [5, 5.41) is 6.74. The Morgan fingerprint density at radius 1 is 1.07 bits per heavy atom. The van der Waals surface area contributed by atoms with Crippen molar-refractivity contribution in [3.63, 3.8) is 0 Å². The van der Waals surface area contributed by atoms with Crippen LogP contribution < -0.4 is 10.6 Å². The van der Waals surface area contributed by atoms with Crippen LogP contribution in [0.2, 0.25) is 0 Å². The number of thiocarbonyl (C=S) groups is 1. The summed E-state index contributed by atoms with van der Waals surface area (Å²) in [5.41, 5.74) is 3.49. The van der Waals surface area contributed by atoms with Crippen molar-refractivity contribution < 1.29 is 14.2 Å². The summed E-state index contributed by atoms with van der Waals surface area (Å²) in [5.74, 6) is -0.451. The third kappa shape index (κ3) is 6.90. The lowest BCUT2D eigenvalue weighted by molar-refractivity contribution is -0.187. The van der Waals surface area contributed by atoms with Gasteiger partial charge in [-0.2, -0.15) is 4.89 Å². The first-order valence-corrected chi connectivity index (χ1v) is 9.32. The smallest absolute Gasteiger partial charge is 0.220 e. The zero-order valence-corrected chi connectivity index (χ0v) is 17.4. The van der Waals surface area contributed by atoms with Gasteiger partial charge in [0.15, 0.2) is 5.11 Å². The second-order valence-electron chi connectivity index (χ2n) is 7.27. The van der Waals surface area contributed by atoms with Crippen molar-refractivity contribution >= 4 is 29.4 Å². The van der Waals surface area contributed by atoms with E-state index in [-0.39, 0.29) is 11.1 Å². The zero-order chi connectivity index (χ0) is 20.6. The molecule has 0 aromatic heterocycles. The van der Waals surface area contributed by atoms with Crippen LogP contribution >= 0.6 is 12.2 Å². The Morgan fingerprint density at radius 3 is 2.25 bits per heavy atom. The Labute approximate surface area is 170 Å². The SMILES string of the molecule is COO/C=N/c1ccc(CNC(=S)NCc2ccc(C(C)(C)C)cc2)cc1F. The number of rotatable bonds is 7. The summed E-state index contributed by atoms with van der Waals surface area (Å²) in [6, 6.07) is 13.2. The average Bonchev–Trinajstić information content (AvgIpc) is 2.66. The minimum atomic E-state index is -0.451. The van der Waals surface area contributed by atoms with Crippen LogP contribution in [0.4, 0.5) is 10.1 Å². The number of nitrogens with one attached hydrogen (secondary N) is 2. The molecule has 0 atom stereocenters. The van der Waals surface area contributed by atoms with Gasteiger partial charge in [-0.3, -0.25) is 0 Å². The Morgan fingerprint density at radius 2 is 1.68 bits per heavy atom. The van der Waals surface area contributed by atoms with E-state index in [1.54, 1.807) is 12.1 Å². The second-order valence-corrected chi connectivity index (χ2v) is 7.67. The highest BCUT2D eigenvalue weighted by Gasteiger charge is 2.12. The van der Waals surface area contributed by atoms with Crippen molar-refractivity contribution in [2.45, 2.75) is 39.3 Å². The minimum Gasteiger partial charge on any atom is -0.359 e. The Bertz CT molecular complexity index is 817. The molecular formula is C21H26FN3O2S. The third-order valence-corrected chi connectivity index (χ3v) is 4.36. The molecule has 0 saturated heterocycles. The number of halogens is 1. The van der Waals surface area contributed by atoms with Crippen LogP contribution in [0.5, 0.6) is 0 Å². The largest absolute Gasteiger partial charge is 0.359 e. The van der Waals surface area contributed by atoms with E-state index in [9.17, 15) is 4.39 Å². The Balaban J connectivity index is 1.81. The fraction of sp³-hybridized carbons (Fsp3) is 0.333. The minimum absolute atomic E-state index is 0.135. The number of hydrogen-bond donors (Lipinski definition) is 2. The van der Waals surface area contributed by atoms with Gasteiger partial charge in [0.25, 0.3) is 0 Å². The first kappa shape index (κ1) is 21.8. The van der Waals surface area contributed by atoms with Crippen LogP contribution in [0.1, 0.15) is 37.5 Å². The van der Waals surface area contributed by atoms with Gasteiger partial charge in [0.2, 0.25) is 6.40 Å². The quantitative estimate of drug-likeness (QED) is 0.234. The molecule has 0 unspecified atom stereocenters. The number of hydrogen-bond acceptors (Lipinski definition) is 4. The van der Waals surface area contributed by atoms with Crippen molar-refractivity contribution in [3.8, 4) is 0 Å². The van der Waals surface area contributed by atoms with E-state index in [0.717, 1.165) is 17.5 Å². The molecule has 2 N–H and O–H groups in total. The molecule has 5 nitrogen and oxygen atoms in total. The van der Waals surface area contributed by atoms with E-state index in [2.05, 4.69) is 70.4 Å². The van der Waals surface area contributed by atoms with Crippen LogP contribution in [-0.4, -0.2) is 18.6 Å². The Kier molecular flexibility index (Phi) is 7.90. The van der Waals surface area contributed by atoms with Gasteiger partial charge in [0.1, 0.15) is 11.5 Å². The van der Waals surface area contributed by atoms with Gasteiger partial charge in [-0.25, -0.2) is 9.38 Å². The summed E-state index contributed by atoms with van der Waals surface area (Å²) in [4.78, 5) is 12.7. The van der Waals surface area contributed by atoms with Gasteiger partial charge in [-0.05, 0) is 46.5 Å². The predicted molar refractivity (Wildman–Crippen MR) is 114 cm³/mol. The lowest BCUT2D eigenvalue weighted by atomic mass is 9.87. The second kappa shape index (κ2) is 10.1. The maximum absolute atomic E-state index is 14.0. The van der Waals surface area contributed by atoms with Gasteiger partial charge < -0.3 is 15.5 Å². The standard InChI is InChI=1S/C21H26FN3O2S/c1-21(2,3)17-8-5-15(6-9-17)12-23-20(28)24-13-16-7-10-19(18(22)11-16)25-14-27-26-4/h5-11,14H,12-13H2,1-4H3,(H2,23,24,28)/b25-14+. The molecule has 2 rings (SSSR count). The van der Waals surface area contributed by atoms with Crippen molar-refractivity contribution in [3.05, 3.63) is 65.0 Å². The van der Waals surface area contributed by atoms with Crippen LogP contribution in [0.15, 0.2) is 47.5 Å². The van der Waals surface area contributed by atoms with Crippen LogP contribution in [-0.2, 0) is 28.3 Å². The highest BCUT2D eigenvalue weighted by Crippen LogP contribution is 2.22. The molecule has 0 spiro atoms. The molecule has 2 aromatic rings. The summed E-state index contributed by atoms with van der Waals surface area (Å²) in [6.07, 6.45) is 1.03. The van der Waals surface area contributed by atoms with Crippen molar-refractivity contribution in [1.82, 2.24) is 10.6 Å². The molecule has 28 heavy (non-hydrogen) atoms. The van der Waals surface area contributed by atoms with Crippen LogP contribution in [0.25, 0.3) is 0 Å². The van der Waals surface area contributed by atoms with Gasteiger partial charge in [-0.1, -0.05) is 51.1 Å². The number of nitrogens with zero attached hydrogens (tertiary/aromatic N) is 1. The molecule has 0 fully saturated rings. The van der Waals surface area contributed by atoms with Gasteiger partial charge in [0, 0.05) is 13.1 Å². The lowest BCUT2D eigenvalue weighted by Crippen LogP contribution is -2.34. The zero-order valence-electron chi connectivity index (χ0n) is 16.6. The highest BCUT2D eigenvalue weighted by atomic mass is 32.1. The van der Waals surface area contributed by atoms with E-state index in [1.165, 1.54) is 18.7 Å². The molecule has 0 heterocycles. The van der Waals surface area contributed by atoms with Gasteiger partial charge in [-0.15, -0.1) is 0 Å². The first-order chi connectivity index (χ1) is 13.3. The first-order valence-electron chi connectivity index (χ1n) is 8.91. The van der Waals surface area contributed by atoms with E-state index < -0.39 is 5.82 Å². The number of benzene rings is 2. The predicted octanol–water partition coefficient (Wildman–Crippen LogP) is 4.53. The summed E-state index contributed by atoms with van der Waals surface area (Å²) in [6.45, 7) is 7.60. The maximum atomic E-state index is 14.0. The molecule has 0 aliphatic carbocycles. The monoisotopic (exact) mass is 403 g/mol. The van der Waals surface area contributed by atoms with E-state index >= 15 is 0 Å². The number of aliphatic imine (C=N–C) groups is 1. The Hall–Kier alpha value is -2.51. The lowest BCUT2D eigenvalue weighted by Gasteiger charge is -2.19. The van der Waals surface area contributed by atoms with Crippen molar-refractivity contribution in [2.75, 3.05) is 7.11 Å². The van der Waals surface area contributed by atoms with E-state index in [0.29, 0.717) is 18.2 Å². The van der Waals surface area contributed by atoms with E-state index in [1.807, 2.05) is 0 Å². The van der Waals surface area contributed by atoms with Gasteiger partial charge in [0.05, 0.1) is 7.11 Å². The molecular weight excluding hydrogens is 377 g/mol. The topological polar surface area (TPSA) is 54.9 Å². The third-order valence-electron chi connectivity index (χ3n) is 4.07. The van der Waals surface area contributed by atoms with E-state index in [4.69, 9.17) is 12.2 Å². The maximum Gasteiger partial charge on any atom is 0.220 e. The summed E-state index contributed by atoms with van der Waals surface area (Å²) in [7, 11) is 1.34. The molecule has 0 radical (unpaired) electrons. The molecule has 0 bridgehead atoms. The molecule has 7 heteroatoms. The molecule has 2 aromatic carbocycles. The fourth-order valence-corrected chi connectivity index (χ4v) is 2.58. The molecule has 0 aliphatic heterocycles. The van der Waals surface area contributed by atoms with Crippen LogP contribution in [0.3, 0.4) is 0 Å². The van der Waals surface area contributed by atoms with Crippen molar-refractivity contribution in [1.29, 1.82) is 0 Å². The van der Waals surface area contributed by atoms with Crippen molar-refractivity contribution in [2.24, 2.45) is 4.99 Å². The molecule has 0 saturated carbocycles.